The molecule has 0 heterocycles. The number of halogens is 2. The smallest absolute Gasteiger partial charge is 0.123 e. The summed E-state index contributed by atoms with van der Waals surface area (Å²) in [6, 6.07) is 6.75. The van der Waals surface area contributed by atoms with Crippen molar-refractivity contribution in [3.63, 3.8) is 0 Å². The van der Waals surface area contributed by atoms with Crippen LogP contribution in [0.4, 0.5) is 4.39 Å². The van der Waals surface area contributed by atoms with Crippen LogP contribution in [0.2, 0.25) is 0 Å². The summed E-state index contributed by atoms with van der Waals surface area (Å²) in [6.07, 6.45) is 4.41. The van der Waals surface area contributed by atoms with Crippen molar-refractivity contribution in [1.82, 2.24) is 0 Å². The molecule has 0 aromatic heterocycles. The van der Waals surface area contributed by atoms with Crippen LogP contribution in [0.3, 0.4) is 0 Å². The van der Waals surface area contributed by atoms with Gasteiger partial charge in [0.2, 0.25) is 0 Å². The molecule has 1 aromatic carbocycles. The van der Waals surface area contributed by atoms with E-state index in [4.69, 9.17) is 4.74 Å². The molecule has 0 radical (unpaired) electrons. The lowest BCUT2D eigenvalue weighted by Crippen LogP contribution is -2.33. The fraction of sp³-hybridized carbons (Fsp3) is 0.538. The third-order valence-corrected chi connectivity index (χ3v) is 4.73. The second kappa shape index (κ2) is 5.00. The molecule has 1 aliphatic rings. The number of hydrogen-bond acceptors (Lipinski definition) is 1. The Kier molecular flexibility index (Phi) is 3.85. The quantitative estimate of drug-likeness (QED) is 0.586. The number of benzene rings is 1. The first-order chi connectivity index (χ1) is 7.66. The van der Waals surface area contributed by atoms with Crippen LogP contribution in [0, 0.1) is 5.82 Å². The maximum atomic E-state index is 12.9. The average Bonchev–Trinajstić information content (AvgIpc) is 2.32. The molecule has 0 spiro atoms. The molecular formula is C13H16FIO. The van der Waals surface area contributed by atoms with Gasteiger partial charge in [-0.15, -0.1) is 0 Å². The number of methoxy groups -OCH3 is 1. The van der Waals surface area contributed by atoms with Gasteiger partial charge in [0.15, 0.2) is 0 Å². The zero-order valence-corrected chi connectivity index (χ0v) is 11.5. The second-order valence-corrected chi connectivity index (χ2v) is 6.14. The van der Waals surface area contributed by atoms with Gasteiger partial charge in [-0.05, 0) is 43.4 Å². The Morgan fingerprint density at radius 2 is 1.81 bits per heavy atom. The number of rotatable bonds is 2. The minimum Gasteiger partial charge on any atom is -0.374 e. The largest absolute Gasteiger partial charge is 0.374 e. The second-order valence-electron chi connectivity index (χ2n) is 4.38. The summed E-state index contributed by atoms with van der Waals surface area (Å²) in [4.78, 5) is 0. The third kappa shape index (κ3) is 2.40. The van der Waals surface area contributed by atoms with Gasteiger partial charge < -0.3 is 4.74 Å². The van der Waals surface area contributed by atoms with E-state index in [1.165, 1.54) is 25.0 Å². The first-order valence-corrected chi connectivity index (χ1v) is 6.86. The van der Waals surface area contributed by atoms with E-state index >= 15 is 0 Å². The Hall–Kier alpha value is -0.160. The van der Waals surface area contributed by atoms with Gasteiger partial charge in [-0.2, -0.15) is 0 Å². The maximum Gasteiger partial charge on any atom is 0.123 e. The Labute approximate surface area is 110 Å². The summed E-state index contributed by atoms with van der Waals surface area (Å²) in [7, 11) is 1.76. The molecule has 1 nitrogen and oxygen atoms in total. The van der Waals surface area contributed by atoms with Crippen LogP contribution in [0.25, 0.3) is 0 Å². The van der Waals surface area contributed by atoms with Crippen LogP contribution < -0.4 is 0 Å². The summed E-state index contributed by atoms with van der Waals surface area (Å²) >= 11 is 2.50. The van der Waals surface area contributed by atoms with Gasteiger partial charge in [-0.25, -0.2) is 4.39 Å². The SMILES string of the molecule is COC1(c2ccc(F)cc2)CCC(I)CC1. The van der Waals surface area contributed by atoms with Crippen molar-refractivity contribution >= 4 is 22.6 Å². The molecule has 0 unspecified atom stereocenters. The molecule has 3 heteroatoms. The summed E-state index contributed by atoms with van der Waals surface area (Å²) in [5.41, 5.74) is 0.926. The van der Waals surface area contributed by atoms with E-state index in [2.05, 4.69) is 22.6 Å². The van der Waals surface area contributed by atoms with Gasteiger partial charge in [0.1, 0.15) is 5.82 Å². The molecule has 16 heavy (non-hydrogen) atoms. The Bertz CT molecular complexity index is 341. The standard InChI is InChI=1S/C13H16FIO/c1-16-13(8-6-12(15)7-9-13)10-2-4-11(14)5-3-10/h2-5,12H,6-9H2,1H3. The molecule has 1 fully saturated rings. The fourth-order valence-electron chi connectivity index (χ4n) is 2.41. The van der Waals surface area contributed by atoms with Crippen LogP contribution in [0.5, 0.6) is 0 Å². The third-order valence-electron chi connectivity index (χ3n) is 3.48. The van der Waals surface area contributed by atoms with Crippen molar-refractivity contribution in [3.05, 3.63) is 35.6 Å². The van der Waals surface area contributed by atoms with Crippen LogP contribution in [0.1, 0.15) is 31.2 Å². The zero-order valence-electron chi connectivity index (χ0n) is 9.38. The van der Waals surface area contributed by atoms with E-state index < -0.39 is 0 Å². The van der Waals surface area contributed by atoms with E-state index in [0.29, 0.717) is 0 Å². The van der Waals surface area contributed by atoms with Gasteiger partial charge in [-0.3, -0.25) is 0 Å². The van der Waals surface area contributed by atoms with E-state index in [1.807, 2.05) is 12.1 Å². The normalized spacial score (nSPS) is 30.3. The van der Waals surface area contributed by atoms with E-state index in [1.54, 1.807) is 7.11 Å². The molecule has 0 atom stereocenters. The molecule has 0 amide bonds. The lowest BCUT2D eigenvalue weighted by Gasteiger charge is -2.38. The molecule has 1 aromatic rings. The minimum atomic E-state index is -0.185. The summed E-state index contributed by atoms with van der Waals surface area (Å²) in [5.74, 6) is -0.183. The molecule has 88 valence electrons. The number of hydrogen-bond donors (Lipinski definition) is 0. The zero-order chi connectivity index (χ0) is 11.6. The Morgan fingerprint density at radius 1 is 1.25 bits per heavy atom. The predicted octanol–water partition coefficient (Wildman–Crippen LogP) is 4.05. The van der Waals surface area contributed by atoms with Crippen molar-refractivity contribution in [1.29, 1.82) is 0 Å². The molecule has 1 aliphatic carbocycles. The highest BCUT2D eigenvalue weighted by Gasteiger charge is 2.36. The van der Waals surface area contributed by atoms with Crippen LogP contribution >= 0.6 is 22.6 Å². The molecule has 1 saturated carbocycles. The van der Waals surface area contributed by atoms with Crippen molar-refractivity contribution in [2.45, 2.75) is 35.2 Å². The van der Waals surface area contributed by atoms with Gasteiger partial charge in [0, 0.05) is 11.0 Å². The van der Waals surface area contributed by atoms with Gasteiger partial charge in [0.05, 0.1) is 5.60 Å². The molecule has 0 bridgehead atoms. The average molecular weight is 334 g/mol. The predicted molar refractivity (Wildman–Crippen MR) is 71.4 cm³/mol. The van der Waals surface area contributed by atoms with Gasteiger partial charge in [0.25, 0.3) is 0 Å². The van der Waals surface area contributed by atoms with Crippen LogP contribution in [0.15, 0.2) is 24.3 Å². The number of alkyl halides is 1. The van der Waals surface area contributed by atoms with Crippen LogP contribution in [-0.2, 0) is 10.3 Å². The first kappa shape index (κ1) is 12.3. The summed E-state index contributed by atoms with van der Waals surface area (Å²) in [5, 5.41) is 0. The van der Waals surface area contributed by atoms with Gasteiger partial charge >= 0.3 is 0 Å². The van der Waals surface area contributed by atoms with E-state index in [0.717, 1.165) is 22.3 Å². The molecule has 0 saturated heterocycles. The van der Waals surface area contributed by atoms with Crippen molar-refractivity contribution in [2.24, 2.45) is 0 Å². The van der Waals surface area contributed by atoms with E-state index in [-0.39, 0.29) is 11.4 Å². The van der Waals surface area contributed by atoms with E-state index in [9.17, 15) is 4.39 Å². The van der Waals surface area contributed by atoms with Crippen molar-refractivity contribution < 1.29 is 9.13 Å². The highest BCUT2D eigenvalue weighted by molar-refractivity contribution is 14.1. The summed E-state index contributed by atoms with van der Waals surface area (Å²) < 4.78 is 19.4. The Morgan fingerprint density at radius 3 is 2.31 bits per heavy atom. The maximum absolute atomic E-state index is 12.9. The van der Waals surface area contributed by atoms with Crippen molar-refractivity contribution in [2.75, 3.05) is 7.11 Å². The molecule has 0 N–H and O–H groups in total. The number of ether oxygens (including phenoxy) is 1. The Balaban J connectivity index is 2.24. The van der Waals surface area contributed by atoms with Crippen LogP contribution in [-0.4, -0.2) is 11.0 Å². The molecule has 2 rings (SSSR count). The first-order valence-electron chi connectivity index (χ1n) is 5.61. The molecule has 0 aliphatic heterocycles. The topological polar surface area (TPSA) is 9.23 Å². The summed E-state index contributed by atoms with van der Waals surface area (Å²) in [6.45, 7) is 0. The highest BCUT2D eigenvalue weighted by Crippen LogP contribution is 2.41. The fourth-order valence-corrected chi connectivity index (χ4v) is 3.04. The molecular weight excluding hydrogens is 318 g/mol. The van der Waals surface area contributed by atoms with Crippen molar-refractivity contribution in [3.8, 4) is 0 Å². The minimum absolute atomic E-state index is 0.183. The highest BCUT2D eigenvalue weighted by atomic mass is 127. The lowest BCUT2D eigenvalue weighted by molar-refractivity contribution is -0.0426. The lowest BCUT2D eigenvalue weighted by atomic mass is 9.79. The van der Waals surface area contributed by atoms with Gasteiger partial charge in [-0.1, -0.05) is 34.7 Å². The monoisotopic (exact) mass is 334 g/mol.